The largest absolute Gasteiger partial charge is 0.490 e. The van der Waals surface area contributed by atoms with Gasteiger partial charge in [-0.1, -0.05) is 25.5 Å². The molecule has 4 nitrogen and oxygen atoms in total. The molecule has 0 spiro atoms. The van der Waals surface area contributed by atoms with Gasteiger partial charge < -0.3 is 4.74 Å². The van der Waals surface area contributed by atoms with Crippen molar-refractivity contribution in [2.75, 3.05) is 6.61 Å². The molecule has 2 rings (SSSR count). The van der Waals surface area contributed by atoms with Gasteiger partial charge in [-0.25, -0.2) is 9.97 Å². The van der Waals surface area contributed by atoms with E-state index < -0.39 is 0 Å². The van der Waals surface area contributed by atoms with Gasteiger partial charge in [0.05, 0.1) is 30.6 Å². The quantitative estimate of drug-likeness (QED) is 0.531. The van der Waals surface area contributed by atoms with E-state index in [2.05, 4.69) is 35.1 Å². The molecule has 0 bridgehead atoms. The van der Waals surface area contributed by atoms with Crippen molar-refractivity contribution in [1.29, 1.82) is 5.26 Å². The molecule has 1 heterocycles. The third kappa shape index (κ3) is 5.55. The Morgan fingerprint density at radius 3 is 2.43 bits per heavy atom. The van der Waals surface area contributed by atoms with Crippen molar-refractivity contribution in [2.24, 2.45) is 0 Å². The molecule has 0 aliphatic heterocycles. The highest BCUT2D eigenvalue weighted by Gasteiger charge is 2.02. The summed E-state index contributed by atoms with van der Waals surface area (Å²) in [6.45, 7) is 2.84. The molecule has 0 fully saturated rings. The van der Waals surface area contributed by atoms with E-state index in [1.54, 1.807) is 24.5 Å². The molecule has 0 N–H and O–H groups in total. The van der Waals surface area contributed by atoms with E-state index in [-0.39, 0.29) is 0 Å². The van der Waals surface area contributed by atoms with Crippen molar-refractivity contribution < 1.29 is 4.74 Å². The lowest BCUT2D eigenvalue weighted by molar-refractivity contribution is 0.309. The second kappa shape index (κ2) is 9.37. The monoisotopic (exact) mass is 307 g/mol. The van der Waals surface area contributed by atoms with Crippen LogP contribution in [0.4, 0.5) is 0 Å². The zero-order valence-electron chi connectivity index (χ0n) is 13.4. The van der Waals surface area contributed by atoms with Crippen LogP contribution in [0.1, 0.15) is 38.2 Å². The molecule has 0 aliphatic carbocycles. The van der Waals surface area contributed by atoms with Crippen LogP contribution >= 0.6 is 0 Å². The third-order valence-corrected chi connectivity index (χ3v) is 3.31. The van der Waals surface area contributed by atoms with E-state index in [1.807, 2.05) is 12.1 Å². The van der Waals surface area contributed by atoms with E-state index >= 15 is 0 Å². The summed E-state index contributed by atoms with van der Waals surface area (Å²) in [6.07, 6.45) is 12.1. The second-order valence-electron chi connectivity index (χ2n) is 5.18. The average molecular weight is 307 g/mol. The number of aromatic nitrogens is 2. The molecular weight excluding hydrogens is 286 g/mol. The average Bonchev–Trinajstić information content (AvgIpc) is 2.61. The number of hydrogen-bond donors (Lipinski definition) is 0. The van der Waals surface area contributed by atoms with Crippen molar-refractivity contribution in [1.82, 2.24) is 9.97 Å². The number of nitriles is 1. The highest BCUT2D eigenvalue weighted by atomic mass is 16.5. The minimum absolute atomic E-state index is 0.627. The van der Waals surface area contributed by atoms with Crippen molar-refractivity contribution in [3.05, 3.63) is 54.4 Å². The highest BCUT2D eigenvalue weighted by Crippen LogP contribution is 2.17. The predicted octanol–water partition coefficient (Wildman–Crippen LogP) is 4.53. The van der Waals surface area contributed by atoms with Gasteiger partial charge in [-0.05, 0) is 43.5 Å². The molecular formula is C19H21N3O. The van der Waals surface area contributed by atoms with Crippen molar-refractivity contribution in [2.45, 2.75) is 32.6 Å². The zero-order valence-corrected chi connectivity index (χ0v) is 13.4. The Hall–Kier alpha value is -2.67. The van der Waals surface area contributed by atoms with Crippen LogP contribution in [0.25, 0.3) is 11.4 Å². The van der Waals surface area contributed by atoms with Crippen LogP contribution in [0, 0.1) is 11.3 Å². The van der Waals surface area contributed by atoms with Gasteiger partial charge in [0.1, 0.15) is 0 Å². The first-order chi connectivity index (χ1) is 11.3. The van der Waals surface area contributed by atoms with Crippen molar-refractivity contribution in [3.63, 3.8) is 0 Å². The maximum atomic E-state index is 8.80. The van der Waals surface area contributed by atoms with Crippen LogP contribution in [-0.2, 0) is 0 Å². The molecule has 1 aromatic carbocycles. The second-order valence-corrected chi connectivity index (χ2v) is 5.18. The summed E-state index contributed by atoms with van der Waals surface area (Å²) in [5.74, 6) is 1.31. The maximum Gasteiger partial charge on any atom is 0.159 e. The predicted molar refractivity (Wildman–Crippen MR) is 91.0 cm³/mol. The van der Waals surface area contributed by atoms with Crippen LogP contribution in [0.2, 0.25) is 0 Å². The molecule has 0 unspecified atom stereocenters. The summed E-state index contributed by atoms with van der Waals surface area (Å²) < 4.78 is 5.64. The normalized spacial score (nSPS) is 10.6. The van der Waals surface area contributed by atoms with Gasteiger partial charge in [0.25, 0.3) is 0 Å². The van der Waals surface area contributed by atoms with E-state index in [1.165, 1.54) is 6.42 Å². The molecule has 118 valence electrons. The zero-order chi connectivity index (χ0) is 16.3. The van der Waals surface area contributed by atoms with Crippen LogP contribution in [0.5, 0.6) is 5.75 Å². The van der Waals surface area contributed by atoms with E-state index in [9.17, 15) is 0 Å². The number of unbranched alkanes of at least 4 members (excludes halogenated alkanes) is 2. The minimum atomic E-state index is 0.627. The molecule has 0 aliphatic rings. The SMILES string of the molecule is CCCC=CCCCOc1cnc(-c2ccc(C#N)cc2)nc1. The minimum Gasteiger partial charge on any atom is -0.490 e. The molecule has 4 heteroatoms. The topological polar surface area (TPSA) is 58.8 Å². The Morgan fingerprint density at radius 1 is 1.09 bits per heavy atom. The standard InChI is InChI=1S/C19H21N3O/c1-2-3-4-5-6-7-12-23-18-14-21-19(22-15-18)17-10-8-16(13-20)9-11-17/h4-5,8-11,14-15H,2-3,6-7,12H2,1H3. The molecule has 1 aromatic heterocycles. The Morgan fingerprint density at radius 2 is 1.78 bits per heavy atom. The van der Waals surface area contributed by atoms with E-state index in [4.69, 9.17) is 10.00 Å². The molecule has 23 heavy (non-hydrogen) atoms. The number of ether oxygens (including phenoxy) is 1. The highest BCUT2D eigenvalue weighted by molar-refractivity contribution is 5.56. The molecule has 0 saturated heterocycles. The lowest BCUT2D eigenvalue weighted by Gasteiger charge is -2.05. The van der Waals surface area contributed by atoms with Gasteiger partial charge in [-0.15, -0.1) is 0 Å². The number of rotatable bonds is 8. The summed E-state index contributed by atoms with van der Waals surface area (Å²) in [5, 5.41) is 8.80. The van der Waals surface area contributed by atoms with Gasteiger partial charge in [0, 0.05) is 5.56 Å². The lowest BCUT2D eigenvalue weighted by atomic mass is 10.1. The smallest absolute Gasteiger partial charge is 0.159 e. The number of hydrogen-bond acceptors (Lipinski definition) is 4. The van der Waals surface area contributed by atoms with Gasteiger partial charge in [0.2, 0.25) is 0 Å². The van der Waals surface area contributed by atoms with E-state index in [0.29, 0.717) is 23.7 Å². The number of nitrogens with zero attached hydrogens (tertiary/aromatic N) is 3. The Kier molecular flexibility index (Phi) is 6.80. The van der Waals surface area contributed by atoms with E-state index in [0.717, 1.165) is 24.8 Å². The Balaban J connectivity index is 1.81. The fraction of sp³-hybridized carbons (Fsp3) is 0.316. The van der Waals surface area contributed by atoms with Crippen molar-refractivity contribution >= 4 is 0 Å². The maximum absolute atomic E-state index is 8.80. The van der Waals surface area contributed by atoms with Gasteiger partial charge in [-0.2, -0.15) is 5.26 Å². The Labute approximate surface area is 137 Å². The number of benzene rings is 1. The summed E-state index contributed by atoms with van der Waals surface area (Å²) in [7, 11) is 0. The molecule has 2 aromatic rings. The first-order valence-corrected chi connectivity index (χ1v) is 7.94. The van der Waals surface area contributed by atoms with Crippen LogP contribution in [0.15, 0.2) is 48.8 Å². The Bertz CT molecular complexity index is 655. The van der Waals surface area contributed by atoms with Crippen LogP contribution in [-0.4, -0.2) is 16.6 Å². The number of allylic oxidation sites excluding steroid dienone is 2. The summed E-state index contributed by atoms with van der Waals surface area (Å²) >= 11 is 0. The molecule has 0 amide bonds. The van der Waals surface area contributed by atoms with Gasteiger partial charge >= 0.3 is 0 Å². The van der Waals surface area contributed by atoms with Crippen LogP contribution in [0.3, 0.4) is 0 Å². The molecule has 0 atom stereocenters. The first-order valence-electron chi connectivity index (χ1n) is 7.94. The van der Waals surface area contributed by atoms with Gasteiger partial charge in [-0.3, -0.25) is 0 Å². The van der Waals surface area contributed by atoms with Gasteiger partial charge in [0.15, 0.2) is 11.6 Å². The lowest BCUT2D eigenvalue weighted by Crippen LogP contribution is -1.98. The van der Waals surface area contributed by atoms with Crippen LogP contribution < -0.4 is 4.74 Å². The summed E-state index contributed by atoms with van der Waals surface area (Å²) in [4.78, 5) is 8.62. The first kappa shape index (κ1) is 16.7. The molecule has 0 saturated carbocycles. The fourth-order valence-corrected chi connectivity index (χ4v) is 2.03. The summed E-state index contributed by atoms with van der Waals surface area (Å²) in [6, 6.07) is 9.30. The summed E-state index contributed by atoms with van der Waals surface area (Å²) in [5.41, 5.74) is 1.51. The molecule has 0 radical (unpaired) electrons. The fourth-order valence-electron chi connectivity index (χ4n) is 2.03. The van der Waals surface area contributed by atoms with Crippen molar-refractivity contribution in [3.8, 4) is 23.2 Å². The third-order valence-electron chi connectivity index (χ3n) is 3.31.